The van der Waals surface area contributed by atoms with Gasteiger partial charge in [-0.1, -0.05) is 65.7 Å². The molecule has 0 aromatic heterocycles. The smallest absolute Gasteiger partial charge is 0.237 e. The molecule has 1 fully saturated rings. The fraction of sp³-hybridized carbons (Fsp3) is 0.947. The van der Waals surface area contributed by atoms with E-state index in [2.05, 4.69) is 12.2 Å². The molecule has 0 bridgehead atoms. The number of carbonyl (C=O) groups excluding carboxylic acids is 1. The average molecular weight is 343 g/mol. The number of rotatable bonds is 10. The number of amides is 1. The first-order chi connectivity index (χ1) is 11.4. The summed E-state index contributed by atoms with van der Waals surface area (Å²) in [6, 6.07) is -0.965. The van der Waals surface area contributed by atoms with Gasteiger partial charge in [0.1, 0.15) is 6.10 Å². The zero-order valence-electron chi connectivity index (χ0n) is 15.7. The third kappa shape index (κ3) is 7.08. The molecule has 5 nitrogen and oxygen atoms in total. The lowest BCUT2D eigenvalue weighted by molar-refractivity contribution is -0.125. The van der Waals surface area contributed by atoms with Crippen LogP contribution in [0.1, 0.15) is 78.6 Å². The molecule has 1 aliphatic carbocycles. The Morgan fingerprint density at radius 3 is 2.33 bits per heavy atom. The summed E-state index contributed by atoms with van der Waals surface area (Å²) in [5, 5.41) is 23.8. The van der Waals surface area contributed by atoms with Gasteiger partial charge in [-0.25, -0.2) is 0 Å². The Kier molecular flexibility index (Phi) is 9.86. The first-order valence-corrected chi connectivity index (χ1v) is 9.78. The Morgan fingerprint density at radius 1 is 1.17 bits per heavy atom. The topological polar surface area (TPSA) is 95.6 Å². The van der Waals surface area contributed by atoms with Gasteiger partial charge < -0.3 is 21.3 Å². The van der Waals surface area contributed by atoms with Crippen molar-refractivity contribution in [1.29, 1.82) is 0 Å². The highest BCUT2D eigenvalue weighted by molar-refractivity contribution is 5.81. The van der Waals surface area contributed by atoms with Gasteiger partial charge in [-0.2, -0.15) is 0 Å². The molecule has 1 aliphatic rings. The number of carbonyl (C=O) groups is 1. The Hall–Kier alpha value is -0.650. The first kappa shape index (κ1) is 21.4. The molecule has 0 unspecified atom stereocenters. The molecule has 142 valence electrons. The van der Waals surface area contributed by atoms with E-state index in [0.29, 0.717) is 12.3 Å². The standard InChI is InChI=1S/C19H38N2O3/c1-4-5-11-15(20)19(24)21-16(18(23)17(22)13(2)3)12-14-9-7-6-8-10-14/h13-18,22-23H,4-12,20H2,1-3H3,(H,21,24)/t15-,16-,17-,18+/m0/s1. The van der Waals surface area contributed by atoms with Crippen molar-refractivity contribution >= 4 is 5.91 Å². The van der Waals surface area contributed by atoms with Crippen LogP contribution in [0.25, 0.3) is 0 Å². The van der Waals surface area contributed by atoms with Crippen LogP contribution in [0.5, 0.6) is 0 Å². The summed E-state index contributed by atoms with van der Waals surface area (Å²) in [5.74, 6) is 0.240. The van der Waals surface area contributed by atoms with Crippen molar-refractivity contribution in [2.45, 2.75) is 103 Å². The van der Waals surface area contributed by atoms with Crippen LogP contribution in [-0.2, 0) is 4.79 Å². The summed E-state index contributed by atoms with van der Waals surface area (Å²) >= 11 is 0. The summed E-state index contributed by atoms with van der Waals surface area (Å²) in [6.07, 6.45) is 7.47. The molecule has 0 radical (unpaired) electrons. The van der Waals surface area contributed by atoms with Crippen LogP contribution >= 0.6 is 0 Å². The third-order valence-electron chi connectivity index (χ3n) is 5.29. The van der Waals surface area contributed by atoms with Crippen molar-refractivity contribution in [3.63, 3.8) is 0 Å². The lowest BCUT2D eigenvalue weighted by atomic mass is 9.82. The Labute approximate surface area is 147 Å². The van der Waals surface area contributed by atoms with Crippen LogP contribution in [0.15, 0.2) is 0 Å². The van der Waals surface area contributed by atoms with E-state index >= 15 is 0 Å². The second-order valence-electron chi connectivity index (χ2n) is 7.83. The lowest BCUT2D eigenvalue weighted by Crippen LogP contribution is -2.54. The van der Waals surface area contributed by atoms with E-state index in [1.54, 1.807) is 0 Å². The number of hydrogen-bond donors (Lipinski definition) is 4. The molecular formula is C19H38N2O3. The highest BCUT2D eigenvalue weighted by atomic mass is 16.3. The summed E-state index contributed by atoms with van der Waals surface area (Å²) in [5.41, 5.74) is 5.96. The summed E-state index contributed by atoms with van der Waals surface area (Å²) in [4.78, 5) is 12.4. The number of hydrogen-bond acceptors (Lipinski definition) is 4. The summed E-state index contributed by atoms with van der Waals surface area (Å²) in [6.45, 7) is 5.82. The van der Waals surface area contributed by atoms with Gasteiger partial charge in [-0.3, -0.25) is 4.79 Å². The quantitative estimate of drug-likeness (QED) is 0.490. The van der Waals surface area contributed by atoms with Crippen molar-refractivity contribution in [2.75, 3.05) is 0 Å². The van der Waals surface area contributed by atoms with E-state index in [-0.39, 0.29) is 11.8 Å². The van der Waals surface area contributed by atoms with Gasteiger partial charge in [0, 0.05) is 0 Å². The molecule has 1 saturated carbocycles. The second kappa shape index (κ2) is 11.1. The minimum Gasteiger partial charge on any atom is -0.390 e. The summed E-state index contributed by atoms with van der Waals surface area (Å²) < 4.78 is 0. The van der Waals surface area contributed by atoms with Crippen molar-refractivity contribution in [1.82, 2.24) is 5.32 Å². The minimum absolute atomic E-state index is 0.0560. The SMILES string of the molecule is CCCC[C@H](N)C(=O)N[C@@H](CC1CCCCC1)[C@@H](O)[C@@H](O)C(C)C. The van der Waals surface area contributed by atoms with Gasteiger partial charge in [0.15, 0.2) is 0 Å². The molecular weight excluding hydrogens is 304 g/mol. The van der Waals surface area contributed by atoms with E-state index in [1.165, 1.54) is 19.3 Å². The Bertz CT molecular complexity index is 357. The molecule has 1 amide bonds. The molecule has 4 atom stereocenters. The minimum atomic E-state index is -0.950. The molecule has 0 aromatic carbocycles. The maximum Gasteiger partial charge on any atom is 0.237 e. The van der Waals surface area contributed by atoms with Crippen LogP contribution in [0, 0.1) is 11.8 Å². The number of nitrogens with two attached hydrogens (primary N) is 1. The fourth-order valence-electron chi connectivity index (χ4n) is 3.54. The predicted molar refractivity (Wildman–Crippen MR) is 97.5 cm³/mol. The van der Waals surface area contributed by atoms with E-state index in [9.17, 15) is 15.0 Å². The van der Waals surface area contributed by atoms with Gasteiger partial charge in [-0.15, -0.1) is 0 Å². The van der Waals surface area contributed by atoms with Gasteiger partial charge in [-0.05, 0) is 24.7 Å². The molecule has 5 N–H and O–H groups in total. The van der Waals surface area contributed by atoms with Crippen molar-refractivity contribution in [3.05, 3.63) is 0 Å². The molecule has 0 spiro atoms. The van der Waals surface area contributed by atoms with Gasteiger partial charge >= 0.3 is 0 Å². The molecule has 0 heterocycles. The monoisotopic (exact) mass is 342 g/mol. The highest BCUT2D eigenvalue weighted by Gasteiger charge is 2.32. The van der Waals surface area contributed by atoms with Crippen molar-refractivity contribution < 1.29 is 15.0 Å². The zero-order valence-corrected chi connectivity index (χ0v) is 15.7. The second-order valence-corrected chi connectivity index (χ2v) is 7.83. The fourth-order valence-corrected chi connectivity index (χ4v) is 3.54. The van der Waals surface area contributed by atoms with E-state index in [0.717, 1.165) is 32.1 Å². The van der Waals surface area contributed by atoms with Crippen LogP contribution < -0.4 is 11.1 Å². The molecule has 1 rings (SSSR count). The molecule has 0 aromatic rings. The molecule has 0 aliphatic heterocycles. The molecule has 5 heteroatoms. The van der Waals surface area contributed by atoms with E-state index < -0.39 is 24.3 Å². The number of nitrogens with one attached hydrogen (secondary N) is 1. The van der Waals surface area contributed by atoms with Crippen LogP contribution in [0.3, 0.4) is 0 Å². The van der Waals surface area contributed by atoms with Gasteiger partial charge in [0.25, 0.3) is 0 Å². The number of aliphatic hydroxyl groups is 2. The Balaban J connectivity index is 2.69. The summed E-state index contributed by atoms with van der Waals surface area (Å²) in [7, 11) is 0. The average Bonchev–Trinajstić information content (AvgIpc) is 2.58. The van der Waals surface area contributed by atoms with Crippen LogP contribution in [0.2, 0.25) is 0 Å². The van der Waals surface area contributed by atoms with Crippen molar-refractivity contribution in [2.24, 2.45) is 17.6 Å². The molecule has 24 heavy (non-hydrogen) atoms. The molecule has 0 saturated heterocycles. The maximum atomic E-state index is 12.4. The first-order valence-electron chi connectivity index (χ1n) is 9.78. The lowest BCUT2D eigenvalue weighted by Gasteiger charge is -2.34. The van der Waals surface area contributed by atoms with Crippen LogP contribution in [-0.4, -0.2) is 40.4 Å². The van der Waals surface area contributed by atoms with Crippen molar-refractivity contribution in [3.8, 4) is 0 Å². The number of unbranched alkanes of at least 4 members (excludes halogenated alkanes) is 1. The van der Waals surface area contributed by atoms with Crippen LogP contribution in [0.4, 0.5) is 0 Å². The van der Waals surface area contributed by atoms with E-state index in [4.69, 9.17) is 5.73 Å². The van der Waals surface area contributed by atoms with E-state index in [1.807, 2.05) is 13.8 Å². The predicted octanol–water partition coefficient (Wildman–Crippen LogP) is 2.34. The zero-order chi connectivity index (χ0) is 18.1. The van der Waals surface area contributed by atoms with Gasteiger partial charge in [0.2, 0.25) is 5.91 Å². The normalized spacial score (nSPS) is 21.3. The maximum absolute atomic E-state index is 12.4. The number of aliphatic hydroxyl groups excluding tert-OH is 2. The Morgan fingerprint density at radius 2 is 1.79 bits per heavy atom. The van der Waals surface area contributed by atoms with Gasteiger partial charge in [0.05, 0.1) is 18.2 Å². The third-order valence-corrected chi connectivity index (χ3v) is 5.29. The highest BCUT2D eigenvalue weighted by Crippen LogP contribution is 2.29. The largest absolute Gasteiger partial charge is 0.390 e.